The molecule has 0 bridgehead atoms. The van der Waals surface area contributed by atoms with E-state index in [2.05, 4.69) is 140 Å². The Morgan fingerprint density at radius 2 is 0.769 bits per heavy atom. The van der Waals surface area contributed by atoms with Gasteiger partial charge in [0.25, 0.3) is 0 Å². The van der Waals surface area contributed by atoms with E-state index in [-0.39, 0.29) is 0 Å². The van der Waals surface area contributed by atoms with E-state index in [1.165, 1.54) is 5.39 Å². The maximum Gasteiger partial charge on any atom is 0.160 e. The summed E-state index contributed by atoms with van der Waals surface area (Å²) >= 11 is 0. The van der Waals surface area contributed by atoms with Gasteiger partial charge in [-0.15, -0.1) is 0 Å². The molecule has 0 saturated heterocycles. The first kappa shape index (κ1) is 29.8. The van der Waals surface area contributed by atoms with E-state index in [1.54, 1.807) is 0 Å². The summed E-state index contributed by atoms with van der Waals surface area (Å²) in [4.78, 5) is 20.4. The van der Waals surface area contributed by atoms with Gasteiger partial charge in [0.15, 0.2) is 5.82 Å². The van der Waals surface area contributed by atoms with Crippen LogP contribution in [-0.4, -0.2) is 19.9 Å². The van der Waals surface area contributed by atoms with E-state index in [9.17, 15) is 0 Å². The predicted molar refractivity (Wildman–Crippen MR) is 215 cm³/mol. The Hall–Kier alpha value is -7.04. The van der Waals surface area contributed by atoms with Crippen molar-refractivity contribution in [2.75, 3.05) is 0 Å². The second-order valence-corrected chi connectivity index (χ2v) is 13.1. The van der Waals surface area contributed by atoms with Gasteiger partial charge in [-0.25, -0.2) is 19.9 Å². The molecule has 4 heteroatoms. The minimum atomic E-state index is 0.725. The van der Waals surface area contributed by atoms with Crippen LogP contribution in [0.25, 0.3) is 99.8 Å². The number of rotatable bonds is 5. The molecule has 3 heterocycles. The normalized spacial score (nSPS) is 11.5. The molecular weight excluding hydrogens is 633 g/mol. The third-order valence-electron chi connectivity index (χ3n) is 9.83. The summed E-state index contributed by atoms with van der Waals surface area (Å²) in [5, 5.41) is 5.51. The molecule has 242 valence electrons. The highest BCUT2D eigenvalue weighted by molar-refractivity contribution is 6.04. The summed E-state index contributed by atoms with van der Waals surface area (Å²) < 4.78 is 0. The number of pyridine rings is 2. The Bertz CT molecular complexity index is 2940. The molecule has 0 atom stereocenters. The molecule has 0 spiro atoms. The van der Waals surface area contributed by atoms with Gasteiger partial charge in [-0.1, -0.05) is 146 Å². The van der Waals surface area contributed by atoms with Crippen LogP contribution in [-0.2, 0) is 0 Å². The number of hydrogen-bond donors (Lipinski definition) is 0. The summed E-state index contributed by atoms with van der Waals surface area (Å²) in [6.07, 6.45) is 0. The third-order valence-corrected chi connectivity index (χ3v) is 9.83. The zero-order chi connectivity index (χ0) is 34.4. The van der Waals surface area contributed by atoms with Crippen LogP contribution in [0, 0.1) is 0 Å². The van der Waals surface area contributed by atoms with Crippen molar-refractivity contribution in [3.63, 3.8) is 0 Å². The molecule has 0 aliphatic rings. The van der Waals surface area contributed by atoms with E-state index in [4.69, 9.17) is 19.9 Å². The molecule has 0 saturated carbocycles. The summed E-state index contributed by atoms with van der Waals surface area (Å²) in [6.45, 7) is 0. The van der Waals surface area contributed by atoms with Crippen molar-refractivity contribution < 1.29 is 0 Å². The second-order valence-electron chi connectivity index (χ2n) is 13.1. The van der Waals surface area contributed by atoms with Gasteiger partial charge in [0, 0.05) is 38.4 Å². The van der Waals surface area contributed by atoms with Crippen LogP contribution < -0.4 is 0 Å². The first-order chi connectivity index (χ1) is 25.7. The standard InChI is InChI=1S/C48H30N4/c1-4-10-31(11-5-1)42-25-22-33-16-17-34-23-26-43(50-47(34)46(33)49-42)40-21-20-36-28-37(18-19-38(36)29-40)39-24-27-44-41(30-39)45(32-12-6-2-7-13-32)52-48(51-44)35-14-8-3-9-15-35/h1-30H. The molecule has 10 aromatic rings. The van der Waals surface area contributed by atoms with Gasteiger partial charge in [-0.05, 0) is 58.3 Å². The lowest BCUT2D eigenvalue weighted by atomic mass is 9.97. The van der Waals surface area contributed by atoms with Gasteiger partial charge < -0.3 is 0 Å². The van der Waals surface area contributed by atoms with Crippen LogP contribution in [0.15, 0.2) is 182 Å². The highest BCUT2D eigenvalue weighted by atomic mass is 14.9. The second kappa shape index (κ2) is 12.4. The SMILES string of the molecule is c1ccc(-c2ccc3ccc4ccc(-c5ccc6cc(-c7ccc8nc(-c9ccccc9)nc(-c9ccccc9)c8c7)ccc6c5)nc4c3n2)cc1. The molecule has 4 nitrogen and oxygen atoms in total. The molecular formula is C48H30N4. The molecule has 10 rings (SSSR count). The fraction of sp³-hybridized carbons (Fsp3) is 0. The molecule has 7 aromatic carbocycles. The Morgan fingerprint density at radius 3 is 1.42 bits per heavy atom. The Balaban J connectivity index is 1.03. The summed E-state index contributed by atoms with van der Waals surface area (Å²) in [5.41, 5.74) is 12.0. The molecule has 0 aliphatic heterocycles. The minimum absolute atomic E-state index is 0.725. The zero-order valence-corrected chi connectivity index (χ0v) is 28.1. The average Bonchev–Trinajstić information content (AvgIpc) is 3.23. The predicted octanol–water partition coefficient (Wildman–Crippen LogP) is 12.2. The molecule has 52 heavy (non-hydrogen) atoms. The quantitative estimate of drug-likeness (QED) is 0.172. The van der Waals surface area contributed by atoms with Gasteiger partial charge >= 0.3 is 0 Å². The number of benzene rings is 7. The number of hydrogen-bond acceptors (Lipinski definition) is 4. The van der Waals surface area contributed by atoms with Crippen LogP contribution in [0.3, 0.4) is 0 Å². The van der Waals surface area contributed by atoms with Gasteiger partial charge in [0.1, 0.15) is 0 Å². The van der Waals surface area contributed by atoms with Crippen LogP contribution in [0.5, 0.6) is 0 Å². The molecule has 0 aliphatic carbocycles. The topological polar surface area (TPSA) is 51.6 Å². The van der Waals surface area contributed by atoms with Crippen molar-refractivity contribution >= 4 is 43.5 Å². The van der Waals surface area contributed by atoms with Crippen LogP contribution in [0.2, 0.25) is 0 Å². The maximum atomic E-state index is 5.19. The molecule has 0 N–H and O–H groups in total. The first-order valence-electron chi connectivity index (χ1n) is 17.5. The van der Waals surface area contributed by atoms with Crippen molar-refractivity contribution in [1.82, 2.24) is 19.9 Å². The Kier molecular flexibility index (Phi) is 7.10. The van der Waals surface area contributed by atoms with E-state index < -0.39 is 0 Å². The average molecular weight is 663 g/mol. The number of fused-ring (bicyclic) bond motifs is 5. The van der Waals surface area contributed by atoms with Crippen molar-refractivity contribution in [1.29, 1.82) is 0 Å². The number of aromatic nitrogens is 4. The van der Waals surface area contributed by atoms with Gasteiger partial charge in [0.2, 0.25) is 0 Å². The third kappa shape index (κ3) is 5.34. The largest absolute Gasteiger partial charge is 0.245 e. The van der Waals surface area contributed by atoms with E-state index >= 15 is 0 Å². The van der Waals surface area contributed by atoms with E-state index in [0.29, 0.717) is 0 Å². The van der Waals surface area contributed by atoms with Gasteiger partial charge in [0.05, 0.1) is 33.6 Å². The minimum Gasteiger partial charge on any atom is -0.245 e. The number of nitrogens with zero attached hydrogens (tertiary/aromatic N) is 4. The van der Waals surface area contributed by atoms with E-state index in [1.807, 2.05) is 42.5 Å². The fourth-order valence-electron chi connectivity index (χ4n) is 7.12. The van der Waals surface area contributed by atoms with Gasteiger partial charge in [-0.3, -0.25) is 0 Å². The van der Waals surface area contributed by atoms with E-state index in [0.717, 1.165) is 94.4 Å². The van der Waals surface area contributed by atoms with Crippen molar-refractivity contribution in [2.45, 2.75) is 0 Å². The highest BCUT2D eigenvalue weighted by Gasteiger charge is 2.14. The molecule has 0 fully saturated rings. The lowest BCUT2D eigenvalue weighted by Gasteiger charge is -2.12. The highest BCUT2D eigenvalue weighted by Crippen LogP contribution is 2.35. The van der Waals surface area contributed by atoms with Crippen LogP contribution in [0.1, 0.15) is 0 Å². The summed E-state index contributed by atoms with van der Waals surface area (Å²) in [5.74, 6) is 0.725. The summed E-state index contributed by atoms with van der Waals surface area (Å²) in [6, 6.07) is 63.4. The van der Waals surface area contributed by atoms with Crippen molar-refractivity contribution in [3.05, 3.63) is 182 Å². The van der Waals surface area contributed by atoms with Gasteiger partial charge in [-0.2, -0.15) is 0 Å². The fourth-order valence-corrected chi connectivity index (χ4v) is 7.12. The lowest BCUT2D eigenvalue weighted by molar-refractivity contribution is 1.23. The molecule has 0 unspecified atom stereocenters. The van der Waals surface area contributed by atoms with Crippen LogP contribution >= 0.6 is 0 Å². The molecule has 0 radical (unpaired) electrons. The maximum absolute atomic E-state index is 5.19. The monoisotopic (exact) mass is 662 g/mol. The molecule has 0 amide bonds. The first-order valence-corrected chi connectivity index (χ1v) is 17.5. The lowest BCUT2D eigenvalue weighted by Crippen LogP contribution is -1.95. The van der Waals surface area contributed by atoms with Crippen molar-refractivity contribution in [2.24, 2.45) is 0 Å². The van der Waals surface area contributed by atoms with Crippen molar-refractivity contribution in [3.8, 4) is 56.3 Å². The smallest absolute Gasteiger partial charge is 0.160 e. The Labute approximate surface area is 300 Å². The molecule has 3 aromatic heterocycles. The van der Waals surface area contributed by atoms with Crippen LogP contribution in [0.4, 0.5) is 0 Å². The Morgan fingerprint density at radius 1 is 0.288 bits per heavy atom. The summed E-state index contributed by atoms with van der Waals surface area (Å²) in [7, 11) is 0. The zero-order valence-electron chi connectivity index (χ0n) is 28.1.